The standard InChI is InChI=1S/C25H28BrN5O4/c1-34-14-11-27-25(33)20-7-2-3-8-21(20)28-24(32)17-9-12-31(13-10-17)16-22-29-23(30-35-22)18-5-4-6-19(26)15-18/h2-8,15,17H,9-14,16H2,1H3,(H,27,33)(H,28,32). The number of benzene rings is 2. The molecule has 1 fully saturated rings. The molecule has 2 heterocycles. The number of para-hydroxylation sites is 1. The van der Waals surface area contributed by atoms with Gasteiger partial charge in [-0.15, -0.1) is 0 Å². The zero-order valence-electron chi connectivity index (χ0n) is 19.5. The number of piperidine rings is 1. The van der Waals surface area contributed by atoms with Crippen LogP contribution >= 0.6 is 15.9 Å². The van der Waals surface area contributed by atoms with Gasteiger partial charge in [-0.25, -0.2) is 0 Å². The van der Waals surface area contributed by atoms with E-state index in [2.05, 4.69) is 41.6 Å². The number of halogens is 1. The van der Waals surface area contributed by atoms with Crippen molar-refractivity contribution in [2.45, 2.75) is 19.4 Å². The molecular weight excluding hydrogens is 514 g/mol. The summed E-state index contributed by atoms with van der Waals surface area (Å²) in [6.45, 7) is 2.85. The van der Waals surface area contributed by atoms with Gasteiger partial charge in [-0.05, 0) is 50.2 Å². The predicted octanol–water partition coefficient (Wildman–Crippen LogP) is 3.73. The molecular formula is C25H28BrN5O4. The second kappa shape index (κ2) is 12.1. The number of nitrogens with one attached hydrogen (secondary N) is 2. The number of carbonyl (C=O) groups excluding carboxylic acids is 2. The summed E-state index contributed by atoms with van der Waals surface area (Å²) in [7, 11) is 1.58. The van der Waals surface area contributed by atoms with E-state index >= 15 is 0 Å². The maximum atomic E-state index is 12.9. The summed E-state index contributed by atoms with van der Waals surface area (Å²) >= 11 is 3.46. The predicted molar refractivity (Wildman–Crippen MR) is 135 cm³/mol. The lowest BCUT2D eigenvalue weighted by Crippen LogP contribution is -2.38. The van der Waals surface area contributed by atoms with Crippen LogP contribution in [0, 0.1) is 5.92 Å². The van der Waals surface area contributed by atoms with Gasteiger partial charge in [0.2, 0.25) is 17.6 Å². The van der Waals surface area contributed by atoms with E-state index in [0.717, 1.165) is 23.1 Å². The van der Waals surface area contributed by atoms with Gasteiger partial charge in [0.1, 0.15) is 0 Å². The van der Waals surface area contributed by atoms with Crippen molar-refractivity contribution in [2.75, 3.05) is 38.7 Å². The number of rotatable bonds is 9. The summed E-state index contributed by atoms with van der Waals surface area (Å²) in [5.41, 5.74) is 1.84. The maximum absolute atomic E-state index is 12.9. The molecule has 184 valence electrons. The lowest BCUT2D eigenvalue weighted by molar-refractivity contribution is -0.121. The minimum Gasteiger partial charge on any atom is -0.383 e. The van der Waals surface area contributed by atoms with Crippen LogP contribution < -0.4 is 10.6 Å². The molecule has 35 heavy (non-hydrogen) atoms. The lowest BCUT2D eigenvalue weighted by atomic mass is 9.95. The van der Waals surface area contributed by atoms with Crippen LogP contribution in [0.4, 0.5) is 5.69 Å². The number of likely N-dealkylation sites (tertiary alicyclic amines) is 1. The number of methoxy groups -OCH3 is 1. The second-order valence-electron chi connectivity index (χ2n) is 8.36. The molecule has 1 saturated heterocycles. The molecule has 0 bridgehead atoms. The highest BCUT2D eigenvalue weighted by molar-refractivity contribution is 9.10. The van der Waals surface area contributed by atoms with Crippen molar-refractivity contribution in [3.63, 3.8) is 0 Å². The first-order chi connectivity index (χ1) is 17.0. The lowest BCUT2D eigenvalue weighted by Gasteiger charge is -2.30. The number of amides is 2. The Morgan fingerprint density at radius 2 is 1.97 bits per heavy atom. The summed E-state index contributed by atoms with van der Waals surface area (Å²) in [4.78, 5) is 32.1. The van der Waals surface area contributed by atoms with Crippen LogP contribution in [0.1, 0.15) is 29.1 Å². The third kappa shape index (κ3) is 6.74. The highest BCUT2D eigenvalue weighted by Crippen LogP contribution is 2.24. The summed E-state index contributed by atoms with van der Waals surface area (Å²) in [5, 5.41) is 9.83. The van der Waals surface area contributed by atoms with Crippen molar-refractivity contribution >= 4 is 33.4 Å². The molecule has 2 N–H and O–H groups in total. The zero-order chi connectivity index (χ0) is 24.6. The second-order valence-corrected chi connectivity index (χ2v) is 9.27. The molecule has 1 aliphatic rings. The minimum atomic E-state index is -0.241. The van der Waals surface area contributed by atoms with E-state index in [9.17, 15) is 9.59 Å². The molecule has 0 radical (unpaired) electrons. The van der Waals surface area contributed by atoms with E-state index in [1.807, 2.05) is 24.3 Å². The summed E-state index contributed by atoms with van der Waals surface area (Å²) in [6, 6.07) is 14.8. The van der Waals surface area contributed by atoms with Crippen molar-refractivity contribution in [3.05, 3.63) is 64.5 Å². The summed E-state index contributed by atoms with van der Waals surface area (Å²) in [5.74, 6) is 0.665. The molecule has 10 heteroatoms. The number of aromatic nitrogens is 2. The van der Waals surface area contributed by atoms with Gasteiger partial charge >= 0.3 is 0 Å². The van der Waals surface area contributed by atoms with Crippen LogP contribution in [-0.2, 0) is 16.1 Å². The Balaban J connectivity index is 1.29. The molecule has 2 amide bonds. The quantitative estimate of drug-likeness (QED) is 0.397. The number of hydrogen-bond donors (Lipinski definition) is 2. The van der Waals surface area contributed by atoms with Gasteiger partial charge in [-0.3, -0.25) is 14.5 Å². The fraction of sp³-hybridized carbons (Fsp3) is 0.360. The SMILES string of the molecule is COCCNC(=O)c1ccccc1NC(=O)C1CCN(Cc2nc(-c3cccc(Br)c3)no2)CC1. The molecule has 9 nitrogen and oxygen atoms in total. The molecule has 0 spiro atoms. The minimum absolute atomic E-state index is 0.0727. The Bertz CT molecular complexity index is 1160. The Morgan fingerprint density at radius 1 is 1.17 bits per heavy atom. The van der Waals surface area contributed by atoms with Gasteiger partial charge in [0.05, 0.1) is 24.4 Å². The van der Waals surface area contributed by atoms with Crippen molar-refractivity contribution < 1.29 is 18.8 Å². The smallest absolute Gasteiger partial charge is 0.253 e. The number of ether oxygens (including phenoxy) is 1. The van der Waals surface area contributed by atoms with Crippen molar-refractivity contribution in [3.8, 4) is 11.4 Å². The average Bonchev–Trinajstić information content (AvgIpc) is 3.33. The van der Waals surface area contributed by atoms with Crippen LogP contribution in [0.25, 0.3) is 11.4 Å². The van der Waals surface area contributed by atoms with Crippen LogP contribution in [-0.4, -0.2) is 60.2 Å². The monoisotopic (exact) mass is 541 g/mol. The molecule has 0 atom stereocenters. The van der Waals surface area contributed by atoms with E-state index in [4.69, 9.17) is 9.26 Å². The van der Waals surface area contributed by atoms with Crippen LogP contribution in [0.3, 0.4) is 0 Å². The molecule has 0 saturated carbocycles. The molecule has 3 aromatic rings. The number of carbonyl (C=O) groups is 2. The first-order valence-electron chi connectivity index (χ1n) is 11.5. The number of nitrogens with zero attached hydrogens (tertiary/aromatic N) is 3. The molecule has 4 rings (SSSR count). The topological polar surface area (TPSA) is 110 Å². The maximum Gasteiger partial charge on any atom is 0.253 e. The first-order valence-corrected chi connectivity index (χ1v) is 12.3. The largest absolute Gasteiger partial charge is 0.383 e. The molecule has 2 aromatic carbocycles. The van der Waals surface area contributed by atoms with Crippen LogP contribution in [0.2, 0.25) is 0 Å². The average molecular weight is 542 g/mol. The third-order valence-corrected chi connectivity index (χ3v) is 6.38. The summed E-state index contributed by atoms with van der Waals surface area (Å²) < 4.78 is 11.4. The molecule has 0 aliphatic carbocycles. The van der Waals surface area contributed by atoms with E-state index in [1.165, 1.54) is 0 Å². The first kappa shape index (κ1) is 25.0. The van der Waals surface area contributed by atoms with Crippen molar-refractivity contribution in [1.29, 1.82) is 0 Å². The third-order valence-electron chi connectivity index (χ3n) is 5.89. The Hall–Kier alpha value is -3.08. The summed E-state index contributed by atoms with van der Waals surface area (Å²) in [6.07, 6.45) is 1.42. The number of anilines is 1. The Labute approximate surface area is 212 Å². The molecule has 1 aromatic heterocycles. The molecule has 0 unspecified atom stereocenters. The van der Waals surface area contributed by atoms with E-state index in [-0.39, 0.29) is 17.7 Å². The normalized spacial score (nSPS) is 14.6. The fourth-order valence-electron chi connectivity index (χ4n) is 4.00. The van der Waals surface area contributed by atoms with E-state index in [1.54, 1.807) is 31.4 Å². The van der Waals surface area contributed by atoms with Gasteiger partial charge in [0.15, 0.2) is 0 Å². The molecule has 1 aliphatic heterocycles. The fourth-order valence-corrected chi connectivity index (χ4v) is 4.39. The zero-order valence-corrected chi connectivity index (χ0v) is 21.1. The van der Waals surface area contributed by atoms with Crippen LogP contribution in [0.5, 0.6) is 0 Å². The Morgan fingerprint density at radius 3 is 2.74 bits per heavy atom. The van der Waals surface area contributed by atoms with Gasteiger partial charge < -0.3 is 19.9 Å². The van der Waals surface area contributed by atoms with Gasteiger partial charge in [0, 0.05) is 29.6 Å². The van der Waals surface area contributed by atoms with Crippen molar-refractivity contribution in [2.24, 2.45) is 5.92 Å². The van der Waals surface area contributed by atoms with Gasteiger partial charge in [-0.1, -0.05) is 45.4 Å². The van der Waals surface area contributed by atoms with E-state index in [0.29, 0.717) is 55.5 Å². The van der Waals surface area contributed by atoms with Crippen LogP contribution in [0.15, 0.2) is 57.5 Å². The van der Waals surface area contributed by atoms with Crippen molar-refractivity contribution in [1.82, 2.24) is 20.4 Å². The highest BCUT2D eigenvalue weighted by atomic mass is 79.9. The van der Waals surface area contributed by atoms with E-state index < -0.39 is 0 Å². The highest BCUT2D eigenvalue weighted by Gasteiger charge is 2.27. The Kier molecular flexibility index (Phi) is 8.62. The number of hydrogen-bond acceptors (Lipinski definition) is 7. The van der Waals surface area contributed by atoms with Gasteiger partial charge in [-0.2, -0.15) is 4.98 Å². The van der Waals surface area contributed by atoms with Gasteiger partial charge in [0.25, 0.3) is 5.91 Å².